The summed E-state index contributed by atoms with van der Waals surface area (Å²) < 4.78 is 10.7. The zero-order valence-corrected chi connectivity index (χ0v) is 10.6. The maximum Gasteiger partial charge on any atom is 0.231 e. The van der Waals surface area contributed by atoms with E-state index in [1.807, 2.05) is 13.8 Å². The van der Waals surface area contributed by atoms with Gasteiger partial charge in [0.2, 0.25) is 5.71 Å². The predicted octanol–water partition coefficient (Wildman–Crippen LogP) is 1.26. The third-order valence-electron chi connectivity index (χ3n) is 2.74. The molecule has 0 saturated carbocycles. The molecule has 2 aromatic rings. The van der Waals surface area contributed by atoms with Gasteiger partial charge in [-0.3, -0.25) is 0 Å². The summed E-state index contributed by atoms with van der Waals surface area (Å²) in [6, 6.07) is 0. The largest absolute Gasteiger partial charge is 0.443 e. The first kappa shape index (κ1) is 12.8. The van der Waals surface area contributed by atoms with E-state index < -0.39 is 0 Å². The molecule has 2 aromatic heterocycles. The van der Waals surface area contributed by atoms with Gasteiger partial charge in [-0.05, 0) is 13.8 Å². The number of fused-ring (bicyclic) bond motifs is 1. The first-order valence-corrected chi connectivity index (χ1v) is 5.87. The predicted molar refractivity (Wildman–Crippen MR) is 67.7 cm³/mol. The monoisotopic (exact) mass is 251 g/mol. The highest BCUT2D eigenvalue weighted by molar-refractivity contribution is 5.89. The fourth-order valence-corrected chi connectivity index (χ4v) is 1.72. The average molecular weight is 251 g/mol. The molecule has 6 heteroatoms. The highest BCUT2D eigenvalue weighted by Gasteiger charge is 2.12. The number of aromatic nitrogens is 2. The number of ether oxygens (including phenoxy) is 1. The van der Waals surface area contributed by atoms with Crippen molar-refractivity contribution in [2.45, 2.75) is 13.8 Å². The Hall–Kier alpha value is -1.66. The Balaban J connectivity index is 2.08. The van der Waals surface area contributed by atoms with Crippen LogP contribution in [0.2, 0.25) is 0 Å². The minimum absolute atomic E-state index is 0.0395. The normalized spacial score (nSPS) is 11.1. The van der Waals surface area contributed by atoms with Gasteiger partial charge in [0.1, 0.15) is 17.9 Å². The van der Waals surface area contributed by atoms with Gasteiger partial charge in [-0.1, -0.05) is 0 Å². The first-order valence-electron chi connectivity index (χ1n) is 5.87. The zero-order valence-electron chi connectivity index (χ0n) is 10.6. The summed E-state index contributed by atoms with van der Waals surface area (Å²) in [5.74, 6) is 1.60. The number of hydrogen-bond donors (Lipinski definition) is 2. The number of hydrogen-bond acceptors (Lipinski definition) is 6. The maximum absolute atomic E-state index is 8.58. The third kappa shape index (κ3) is 2.60. The second kappa shape index (κ2) is 5.79. The summed E-state index contributed by atoms with van der Waals surface area (Å²) in [7, 11) is 0. The molecule has 0 aliphatic rings. The molecule has 18 heavy (non-hydrogen) atoms. The summed E-state index contributed by atoms with van der Waals surface area (Å²) in [5, 5.41) is 12.7. The van der Waals surface area contributed by atoms with Crippen LogP contribution in [-0.2, 0) is 4.74 Å². The van der Waals surface area contributed by atoms with Crippen molar-refractivity contribution in [2.24, 2.45) is 0 Å². The molecule has 0 spiro atoms. The minimum atomic E-state index is 0.0395. The van der Waals surface area contributed by atoms with Gasteiger partial charge in [-0.25, -0.2) is 9.97 Å². The Kier molecular flexibility index (Phi) is 4.11. The summed E-state index contributed by atoms with van der Waals surface area (Å²) in [5.41, 5.74) is 1.64. The van der Waals surface area contributed by atoms with Gasteiger partial charge in [-0.15, -0.1) is 0 Å². The number of furan rings is 1. The molecule has 0 amide bonds. The molecular weight excluding hydrogens is 234 g/mol. The molecule has 0 atom stereocenters. The van der Waals surface area contributed by atoms with Crippen LogP contribution in [0.5, 0.6) is 0 Å². The van der Waals surface area contributed by atoms with Crippen molar-refractivity contribution in [2.75, 3.05) is 31.7 Å². The van der Waals surface area contributed by atoms with Gasteiger partial charge >= 0.3 is 0 Å². The maximum atomic E-state index is 8.58. The van der Waals surface area contributed by atoms with Crippen LogP contribution in [0.1, 0.15) is 11.3 Å². The standard InChI is InChI=1S/C12H17N3O3/c1-8-9(2)18-12-10(8)11(14-7-15-12)13-3-5-17-6-4-16/h7,16H,3-6H2,1-2H3,(H,13,14,15). The van der Waals surface area contributed by atoms with E-state index in [4.69, 9.17) is 14.3 Å². The van der Waals surface area contributed by atoms with E-state index >= 15 is 0 Å². The van der Waals surface area contributed by atoms with Crippen LogP contribution < -0.4 is 5.32 Å². The number of aliphatic hydroxyl groups excluding tert-OH is 1. The molecule has 0 aliphatic heterocycles. The first-order chi connectivity index (χ1) is 8.74. The molecule has 98 valence electrons. The molecule has 0 radical (unpaired) electrons. The molecule has 6 nitrogen and oxygen atoms in total. The molecule has 0 fully saturated rings. The summed E-state index contributed by atoms with van der Waals surface area (Å²) in [4.78, 5) is 8.31. The fraction of sp³-hybridized carbons (Fsp3) is 0.500. The van der Waals surface area contributed by atoms with Crippen LogP contribution in [0.25, 0.3) is 11.1 Å². The van der Waals surface area contributed by atoms with Crippen molar-refractivity contribution >= 4 is 16.9 Å². The van der Waals surface area contributed by atoms with Crippen LogP contribution in [0.4, 0.5) is 5.82 Å². The Labute approximate surface area is 105 Å². The van der Waals surface area contributed by atoms with Crippen molar-refractivity contribution < 1.29 is 14.3 Å². The number of nitrogens with zero attached hydrogens (tertiary/aromatic N) is 2. The van der Waals surface area contributed by atoms with Gasteiger partial charge in [0.05, 0.1) is 25.2 Å². The molecular formula is C12H17N3O3. The minimum Gasteiger partial charge on any atom is -0.443 e. The van der Waals surface area contributed by atoms with Crippen molar-refractivity contribution in [1.29, 1.82) is 0 Å². The Bertz CT molecular complexity index is 525. The lowest BCUT2D eigenvalue weighted by Gasteiger charge is -2.06. The van der Waals surface area contributed by atoms with E-state index in [1.165, 1.54) is 6.33 Å². The topological polar surface area (TPSA) is 80.4 Å². The van der Waals surface area contributed by atoms with Crippen molar-refractivity contribution in [3.8, 4) is 0 Å². The van der Waals surface area contributed by atoms with Crippen molar-refractivity contribution in [3.05, 3.63) is 17.7 Å². The number of nitrogens with one attached hydrogen (secondary N) is 1. The van der Waals surface area contributed by atoms with Gasteiger partial charge in [0, 0.05) is 12.1 Å². The van der Waals surface area contributed by atoms with Crippen molar-refractivity contribution in [1.82, 2.24) is 9.97 Å². The zero-order chi connectivity index (χ0) is 13.0. The van der Waals surface area contributed by atoms with Crippen LogP contribution in [0.15, 0.2) is 10.7 Å². The lowest BCUT2D eigenvalue weighted by molar-refractivity contribution is 0.0992. The number of anilines is 1. The average Bonchev–Trinajstić information content (AvgIpc) is 2.66. The molecule has 0 unspecified atom stereocenters. The van der Waals surface area contributed by atoms with E-state index in [9.17, 15) is 0 Å². The lowest BCUT2D eigenvalue weighted by atomic mass is 10.2. The lowest BCUT2D eigenvalue weighted by Crippen LogP contribution is -2.12. The van der Waals surface area contributed by atoms with Crippen LogP contribution in [0, 0.1) is 13.8 Å². The van der Waals surface area contributed by atoms with E-state index in [-0.39, 0.29) is 6.61 Å². The Morgan fingerprint density at radius 3 is 2.94 bits per heavy atom. The van der Waals surface area contributed by atoms with Crippen molar-refractivity contribution in [3.63, 3.8) is 0 Å². The Morgan fingerprint density at radius 1 is 1.33 bits per heavy atom. The second-order valence-corrected chi connectivity index (χ2v) is 3.95. The van der Waals surface area contributed by atoms with Crippen LogP contribution in [-0.4, -0.2) is 41.4 Å². The summed E-state index contributed by atoms with van der Waals surface area (Å²) in [6.07, 6.45) is 1.47. The van der Waals surface area contributed by atoms with E-state index in [0.29, 0.717) is 25.5 Å². The third-order valence-corrected chi connectivity index (χ3v) is 2.74. The molecule has 0 aliphatic carbocycles. The van der Waals surface area contributed by atoms with Gasteiger partial charge < -0.3 is 19.6 Å². The van der Waals surface area contributed by atoms with E-state index in [2.05, 4.69) is 15.3 Å². The smallest absolute Gasteiger partial charge is 0.231 e. The van der Waals surface area contributed by atoms with Crippen LogP contribution in [0.3, 0.4) is 0 Å². The van der Waals surface area contributed by atoms with E-state index in [0.717, 1.165) is 22.5 Å². The van der Waals surface area contributed by atoms with Gasteiger partial charge in [-0.2, -0.15) is 0 Å². The molecule has 0 aromatic carbocycles. The SMILES string of the molecule is Cc1oc2ncnc(NCCOCCO)c2c1C. The highest BCUT2D eigenvalue weighted by atomic mass is 16.5. The molecule has 0 saturated heterocycles. The highest BCUT2D eigenvalue weighted by Crippen LogP contribution is 2.27. The molecule has 2 N–H and O–H groups in total. The van der Waals surface area contributed by atoms with Gasteiger partial charge in [0.25, 0.3) is 0 Å². The number of aliphatic hydroxyl groups is 1. The molecule has 2 rings (SSSR count). The summed E-state index contributed by atoms with van der Waals surface area (Å²) >= 11 is 0. The second-order valence-electron chi connectivity index (χ2n) is 3.95. The fourth-order valence-electron chi connectivity index (χ4n) is 1.72. The molecule has 0 bridgehead atoms. The van der Waals surface area contributed by atoms with Crippen LogP contribution >= 0.6 is 0 Å². The van der Waals surface area contributed by atoms with Gasteiger partial charge in [0.15, 0.2) is 0 Å². The number of aryl methyl sites for hydroxylation is 2. The summed E-state index contributed by atoms with van der Waals surface area (Å²) in [6.45, 7) is 5.42. The Morgan fingerprint density at radius 2 is 2.17 bits per heavy atom. The number of rotatable bonds is 6. The quantitative estimate of drug-likeness (QED) is 0.752. The van der Waals surface area contributed by atoms with E-state index in [1.54, 1.807) is 0 Å². The molecule has 2 heterocycles.